The summed E-state index contributed by atoms with van der Waals surface area (Å²) in [6.07, 6.45) is 2.71. The van der Waals surface area contributed by atoms with E-state index >= 15 is 0 Å². The monoisotopic (exact) mass is 340 g/mol. The number of unbranched alkanes of at least 4 members (excludes halogenated alkanes) is 2. The standard InChI is InChI=1S/C15H21FN4O2S/c1-11(12-6-8-13(16)9-7-12)18-19-15(23)17-10-4-2-3-5-14(21)20-22/h6-9,22H,2-5,10H2,1H3,(H,20,21)(H2,17,19,23)/b18-11+. The molecule has 0 aliphatic heterocycles. The second-order valence-corrected chi connectivity index (χ2v) is 5.33. The molecule has 0 saturated carbocycles. The number of benzene rings is 1. The Morgan fingerprint density at radius 1 is 1.26 bits per heavy atom. The summed E-state index contributed by atoms with van der Waals surface area (Å²) < 4.78 is 12.8. The molecule has 6 nitrogen and oxygen atoms in total. The fourth-order valence-electron chi connectivity index (χ4n) is 1.77. The third-order valence-electron chi connectivity index (χ3n) is 3.08. The van der Waals surface area contributed by atoms with Crippen molar-refractivity contribution in [3.05, 3.63) is 35.6 Å². The maximum absolute atomic E-state index is 12.8. The highest BCUT2D eigenvalue weighted by Gasteiger charge is 2.00. The lowest BCUT2D eigenvalue weighted by molar-refractivity contribution is -0.129. The van der Waals surface area contributed by atoms with Crippen LogP contribution in [0.4, 0.5) is 4.39 Å². The minimum atomic E-state index is -0.374. The Hall–Kier alpha value is -2.06. The maximum Gasteiger partial charge on any atom is 0.243 e. The normalized spacial score (nSPS) is 11.0. The van der Waals surface area contributed by atoms with Gasteiger partial charge in [0.15, 0.2) is 5.11 Å². The number of amides is 1. The van der Waals surface area contributed by atoms with Crippen molar-refractivity contribution in [1.29, 1.82) is 0 Å². The van der Waals surface area contributed by atoms with Crippen LogP contribution in [0.3, 0.4) is 0 Å². The van der Waals surface area contributed by atoms with Crippen LogP contribution in [0, 0.1) is 5.82 Å². The first-order valence-corrected chi connectivity index (χ1v) is 7.70. The van der Waals surface area contributed by atoms with E-state index in [0.29, 0.717) is 30.2 Å². The van der Waals surface area contributed by atoms with Gasteiger partial charge in [-0.15, -0.1) is 0 Å². The molecule has 1 amide bonds. The lowest BCUT2D eigenvalue weighted by Crippen LogP contribution is -2.33. The molecule has 0 unspecified atom stereocenters. The van der Waals surface area contributed by atoms with Gasteiger partial charge in [-0.3, -0.25) is 15.4 Å². The van der Waals surface area contributed by atoms with Crippen LogP contribution in [0.5, 0.6) is 0 Å². The van der Waals surface area contributed by atoms with Crippen molar-refractivity contribution in [3.8, 4) is 0 Å². The van der Waals surface area contributed by atoms with Crippen LogP contribution in [0.15, 0.2) is 29.4 Å². The summed E-state index contributed by atoms with van der Waals surface area (Å²) in [7, 11) is 0. The summed E-state index contributed by atoms with van der Waals surface area (Å²) in [5.41, 5.74) is 5.84. The van der Waals surface area contributed by atoms with E-state index in [2.05, 4.69) is 15.8 Å². The van der Waals surface area contributed by atoms with Crippen LogP contribution in [0.25, 0.3) is 0 Å². The third kappa shape index (κ3) is 8.22. The number of rotatable bonds is 8. The number of hydrogen-bond donors (Lipinski definition) is 4. The Morgan fingerprint density at radius 3 is 2.61 bits per heavy atom. The Bertz CT molecular complexity index is 549. The quantitative estimate of drug-likeness (QED) is 0.191. The molecule has 0 bridgehead atoms. The number of thiocarbonyl (C=S) groups is 1. The molecule has 1 aromatic carbocycles. The first-order valence-electron chi connectivity index (χ1n) is 7.30. The van der Waals surface area contributed by atoms with E-state index in [4.69, 9.17) is 17.4 Å². The predicted molar refractivity (Wildman–Crippen MR) is 90.7 cm³/mol. The largest absolute Gasteiger partial charge is 0.361 e. The number of hydroxylamine groups is 1. The van der Waals surface area contributed by atoms with E-state index in [1.54, 1.807) is 24.5 Å². The molecular formula is C15H21FN4O2S. The molecular weight excluding hydrogens is 319 g/mol. The summed E-state index contributed by atoms with van der Waals surface area (Å²) in [6.45, 7) is 2.47. The Labute approximate surface area is 140 Å². The van der Waals surface area contributed by atoms with Gasteiger partial charge in [0.2, 0.25) is 5.91 Å². The van der Waals surface area contributed by atoms with Gasteiger partial charge in [-0.1, -0.05) is 18.6 Å². The number of nitrogens with one attached hydrogen (secondary N) is 3. The molecule has 1 aromatic rings. The van der Waals surface area contributed by atoms with Gasteiger partial charge in [-0.05, 0) is 49.7 Å². The second kappa shape index (κ2) is 10.6. The van der Waals surface area contributed by atoms with Crippen LogP contribution < -0.4 is 16.2 Å². The highest BCUT2D eigenvalue weighted by molar-refractivity contribution is 7.80. The molecule has 0 atom stereocenters. The van der Waals surface area contributed by atoms with Crippen molar-refractivity contribution in [3.63, 3.8) is 0 Å². The Balaban J connectivity index is 2.20. The topological polar surface area (TPSA) is 85.8 Å². The summed E-state index contributed by atoms with van der Waals surface area (Å²) in [4.78, 5) is 10.8. The van der Waals surface area contributed by atoms with E-state index in [1.807, 2.05) is 0 Å². The summed E-state index contributed by atoms with van der Waals surface area (Å²) in [5, 5.41) is 15.9. The minimum Gasteiger partial charge on any atom is -0.361 e. The lowest BCUT2D eigenvalue weighted by Gasteiger charge is -2.08. The number of nitrogens with zero attached hydrogens (tertiary/aromatic N) is 1. The van der Waals surface area contributed by atoms with Crippen molar-refractivity contribution in [1.82, 2.24) is 16.2 Å². The van der Waals surface area contributed by atoms with E-state index in [9.17, 15) is 9.18 Å². The number of carbonyl (C=O) groups is 1. The van der Waals surface area contributed by atoms with Gasteiger partial charge in [0.25, 0.3) is 0 Å². The molecule has 1 rings (SSSR count). The molecule has 4 N–H and O–H groups in total. The zero-order chi connectivity index (χ0) is 17.1. The van der Waals surface area contributed by atoms with Crippen LogP contribution in [-0.2, 0) is 4.79 Å². The molecule has 0 heterocycles. The molecule has 8 heteroatoms. The molecule has 0 fully saturated rings. The van der Waals surface area contributed by atoms with Gasteiger partial charge in [0.1, 0.15) is 5.82 Å². The molecule has 0 aliphatic rings. The van der Waals surface area contributed by atoms with E-state index in [-0.39, 0.29) is 11.7 Å². The van der Waals surface area contributed by atoms with Crippen molar-refractivity contribution >= 4 is 28.9 Å². The molecule has 0 aromatic heterocycles. The average Bonchev–Trinajstić information content (AvgIpc) is 2.56. The molecule has 0 saturated heterocycles. The maximum atomic E-state index is 12.8. The average molecular weight is 340 g/mol. The fraction of sp³-hybridized carbons (Fsp3) is 0.400. The van der Waals surface area contributed by atoms with Crippen molar-refractivity contribution in [2.75, 3.05) is 6.54 Å². The van der Waals surface area contributed by atoms with Crippen molar-refractivity contribution < 1.29 is 14.4 Å². The van der Waals surface area contributed by atoms with Crippen LogP contribution in [0.2, 0.25) is 0 Å². The van der Waals surface area contributed by atoms with E-state index < -0.39 is 0 Å². The fourth-order valence-corrected chi connectivity index (χ4v) is 1.92. The third-order valence-corrected chi connectivity index (χ3v) is 3.31. The summed E-state index contributed by atoms with van der Waals surface area (Å²) >= 11 is 5.09. The first kappa shape index (κ1) is 19.0. The van der Waals surface area contributed by atoms with Crippen LogP contribution in [-0.4, -0.2) is 28.5 Å². The SMILES string of the molecule is C/C(=N\NC(=S)NCCCCCC(=O)NO)c1ccc(F)cc1. The molecule has 0 aliphatic carbocycles. The van der Waals surface area contributed by atoms with E-state index in [1.165, 1.54) is 12.1 Å². The van der Waals surface area contributed by atoms with Gasteiger partial charge >= 0.3 is 0 Å². The first-order chi connectivity index (χ1) is 11.0. The number of carbonyl (C=O) groups excluding carboxylic acids is 1. The second-order valence-electron chi connectivity index (χ2n) is 4.92. The van der Waals surface area contributed by atoms with Crippen LogP contribution >= 0.6 is 12.2 Å². The zero-order valence-electron chi connectivity index (χ0n) is 12.9. The summed E-state index contributed by atoms with van der Waals surface area (Å²) in [5.74, 6) is -0.663. The van der Waals surface area contributed by atoms with Gasteiger partial charge in [-0.2, -0.15) is 5.10 Å². The van der Waals surface area contributed by atoms with Gasteiger partial charge < -0.3 is 5.32 Å². The van der Waals surface area contributed by atoms with Gasteiger partial charge in [0.05, 0.1) is 5.71 Å². The molecule has 0 radical (unpaired) electrons. The van der Waals surface area contributed by atoms with Crippen molar-refractivity contribution in [2.45, 2.75) is 32.6 Å². The smallest absolute Gasteiger partial charge is 0.243 e. The van der Waals surface area contributed by atoms with E-state index in [0.717, 1.165) is 18.4 Å². The highest BCUT2D eigenvalue weighted by atomic mass is 32.1. The number of hydrogen-bond acceptors (Lipinski definition) is 4. The molecule has 23 heavy (non-hydrogen) atoms. The summed E-state index contributed by atoms with van der Waals surface area (Å²) in [6, 6.07) is 6.05. The molecule has 126 valence electrons. The predicted octanol–water partition coefficient (Wildman–Crippen LogP) is 2.08. The molecule has 0 spiro atoms. The Kier molecular flexibility index (Phi) is 8.78. The minimum absolute atomic E-state index is 0.289. The Morgan fingerprint density at radius 2 is 1.96 bits per heavy atom. The number of hydrazone groups is 1. The van der Waals surface area contributed by atoms with Crippen LogP contribution in [0.1, 0.15) is 38.2 Å². The highest BCUT2D eigenvalue weighted by Crippen LogP contribution is 2.03. The zero-order valence-corrected chi connectivity index (χ0v) is 13.8. The van der Waals surface area contributed by atoms with Crippen molar-refractivity contribution in [2.24, 2.45) is 5.10 Å². The van der Waals surface area contributed by atoms with Gasteiger partial charge in [0, 0.05) is 13.0 Å². The number of halogens is 1. The van der Waals surface area contributed by atoms with Gasteiger partial charge in [-0.25, -0.2) is 9.87 Å². The lowest BCUT2D eigenvalue weighted by atomic mass is 10.1.